The summed E-state index contributed by atoms with van der Waals surface area (Å²) in [6.07, 6.45) is 8.92. The van der Waals surface area contributed by atoms with Crippen molar-refractivity contribution in [2.24, 2.45) is 0 Å². The SMILES string of the molecule is COc1ccc(/C=C/CN2CCC3(CC[C@@H](CNC(C)=O)O3)CC2)cc1. The number of rotatable bonds is 6. The number of piperidine rings is 1. The molecule has 5 nitrogen and oxygen atoms in total. The van der Waals surface area contributed by atoms with Gasteiger partial charge < -0.3 is 14.8 Å². The van der Waals surface area contributed by atoms with Crippen LogP contribution in [0, 0.1) is 0 Å². The first-order chi connectivity index (χ1) is 12.6. The van der Waals surface area contributed by atoms with Crippen LogP contribution in [0.3, 0.4) is 0 Å². The number of benzene rings is 1. The molecule has 0 aliphatic carbocycles. The Kier molecular flexibility index (Phi) is 6.33. The van der Waals surface area contributed by atoms with E-state index < -0.39 is 0 Å². The Morgan fingerprint density at radius 2 is 2.04 bits per heavy atom. The monoisotopic (exact) mass is 358 g/mol. The standard InChI is InChI=1S/C21H30N2O3/c1-17(24)22-16-20-9-10-21(26-20)11-14-23(15-12-21)13-3-4-18-5-7-19(25-2)8-6-18/h3-8,20H,9-16H2,1-2H3,(H,22,24)/b4-3+/t20-/m0/s1. The number of likely N-dealkylation sites (tertiary alicyclic amines) is 1. The van der Waals surface area contributed by atoms with Gasteiger partial charge in [0.1, 0.15) is 5.75 Å². The van der Waals surface area contributed by atoms with Crippen molar-refractivity contribution < 1.29 is 14.3 Å². The Labute approximate surface area is 156 Å². The highest BCUT2D eigenvalue weighted by atomic mass is 16.5. The van der Waals surface area contributed by atoms with Crippen molar-refractivity contribution >= 4 is 12.0 Å². The number of carbonyl (C=O) groups excluding carboxylic acids is 1. The summed E-state index contributed by atoms with van der Waals surface area (Å²) in [6.45, 7) is 5.31. The summed E-state index contributed by atoms with van der Waals surface area (Å²) in [6, 6.07) is 8.11. The van der Waals surface area contributed by atoms with Gasteiger partial charge in [0.15, 0.2) is 0 Å². The van der Waals surface area contributed by atoms with Crippen LogP contribution in [0.5, 0.6) is 5.75 Å². The summed E-state index contributed by atoms with van der Waals surface area (Å²) in [5, 5.41) is 2.88. The molecule has 1 N–H and O–H groups in total. The van der Waals surface area contributed by atoms with E-state index in [4.69, 9.17) is 9.47 Å². The summed E-state index contributed by atoms with van der Waals surface area (Å²) in [7, 11) is 1.68. The predicted octanol–water partition coefficient (Wildman–Crippen LogP) is 2.86. The lowest BCUT2D eigenvalue weighted by atomic mass is 9.88. The third kappa shape index (κ3) is 5.08. The highest BCUT2D eigenvalue weighted by Crippen LogP contribution is 2.38. The molecular formula is C21H30N2O3. The van der Waals surface area contributed by atoms with E-state index in [9.17, 15) is 4.79 Å². The number of amides is 1. The lowest BCUT2D eigenvalue weighted by molar-refractivity contribution is -0.120. The summed E-state index contributed by atoms with van der Waals surface area (Å²) < 4.78 is 11.5. The molecule has 2 aliphatic heterocycles. The fraction of sp³-hybridized carbons (Fsp3) is 0.571. The molecule has 26 heavy (non-hydrogen) atoms. The van der Waals surface area contributed by atoms with E-state index >= 15 is 0 Å². The average Bonchev–Trinajstić information content (AvgIpc) is 3.05. The van der Waals surface area contributed by atoms with Gasteiger partial charge in [-0.15, -0.1) is 0 Å². The second kappa shape index (κ2) is 8.69. The average molecular weight is 358 g/mol. The van der Waals surface area contributed by atoms with Crippen LogP contribution in [-0.4, -0.2) is 55.8 Å². The van der Waals surface area contributed by atoms with Gasteiger partial charge in [0, 0.05) is 33.1 Å². The Hall–Kier alpha value is -1.85. The van der Waals surface area contributed by atoms with Gasteiger partial charge in [-0.25, -0.2) is 0 Å². The van der Waals surface area contributed by atoms with Crippen LogP contribution >= 0.6 is 0 Å². The molecule has 142 valence electrons. The van der Waals surface area contributed by atoms with Gasteiger partial charge >= 0.3 is 0 Å². The van der Waals surface area contributed by atoms with Gasteiger partial charge in [0.25, 0.3) is 0 Å². The van der Waals surface area contributed by atoms with Crippen LogP contribution in [0.2, 0.25) is 0 Å². The summed E-state index contributed by atoms with van der Waals surface area (Å²) >= 11 is 0. The second-order valence-electron chi connectivity index (χ2n) is 7.37. The van der Waals surface area contributed by atoms with Gasteiger partial charge in [-0.3, -0.25) is 9.69 Å². The van der Waals surface area contributed by atoms with E-state index in [1.54, 1.807) is 14.0 Å². The van der Waals surface area contributed by atoms with E-state index in [1.165, 1.54) is 5.56 Å². The summed E-state index contributed by atoms with van der Waals surface area (Å²) in [5.74, 6) is 0.907. The quantitative estimate of drug-likeness (QED) is 0.850. The van der Waals surface area contributed by atoms with Crippen LogP contribution in [-0.2, 0) is 9.53 Å². The molecule has 1 spiro atoms. The zero-order valence-corrected chi connectivity index (χ0v) is 15.9. The van der Waals surface area contributed by atoms with Gasteiger partial charge in [0.05, 0.1) is 18.8 Å². The van der Waals surface area contributed by atoms with Crippen molar-refractivity contribution in [3.05, 3.63) is 35.9 Å². The first-order valence-electron chi connectivity index (χ1n) is 9.54. The number of nitrogens with zero attached hydrogens (tertiary/aromatic N) is 1. The van der Waals surface area contributed by atoms with Crippen LogP contribution < -0.4 is 10.1 Å². The maximum atomic E-state index is 11.1. The molecule has 2 saturated heterocycles. The first kappa shape index (κ1) is 18.9. The molecule has 1 aromatic carbocycles. The molecule has 1 aromatic rings. The van der Waals surface area contributed by atoms with Gasteiger partial charge in [-0.2, -0.15) is 0 Å². The third-order valence-electron chi connectivity index (χ3n) is 5.47. The zero-order chi connectivity index (χ0) is 18.4. The van der Waals surface area contributed by atoms with Crippen molar-refractivity contribution in [1.82, 2.24) is 10.2 Å². The van der Waals surface area contributed by atoms with Gasteiger partial charge in [-0.1, -0.05) is 24.3 Å². The molecule has 5 heteroatoms. The van der Waals surface area contributed by atoms with E-state index in [2.05, 4.69) is 34.5 Å². The molecular weight excluding hydrogens is 328 g/mol. The van der Waals surface area contributed by atoms with Crippen molar-refractivity contribution in [2.45, 2.75) is 44.3 Å². The number of carbonyl (C=O) groups is 1. The summed E-state index contributed by atoms with van der Waals surface area (Å²) in [4.78, 5) is 13.5. The molecule has 0 bridgehead atoms. The molecule has 1 atom stereocenters. The molecule has 0 radical (unpaired) electrons. The largest absolute Gasteiger partial charge is 0.497 e. The minimum absolute atomic E-state index is 0.0213. The molecule has 0 saturated carbocycles. The van der Waals surface area contributed by atoms with E-state index in [0.29, 0.717) is 6.54 Å². The first-order valence-corrected chi connectivity index (χ1v) is 9.54. The Morgan fingerprint density at radius 1 is 1.31 bits per heavy atom. The number of ether oxygens (including phenoxy) is 2. The molecule has 2 fully saturated rings. The predicted molar refractivity (Wildman–Crippen MR) is 103 cm³/mol. The number of nitrogens with one attached hydrogen (secondary N) is 1. The Balaban J connectivity index is 1.41. The maximum Gasteiger partial charge on any atom is 0.216 e. The van der Waals surface area contributed by atoms with Crippen LogP contribution in [0.25, 0.3) is 6.08 Å². The van der Waals surface area contributed by atoms with Gasteiger partial charge in [0.2, 0.25) is 5.91 Å². The maximum absolute atomic E-state index is 11.1. The van der Waals surface area contributed by atoms with E-state index in [-0.39, 0.29) is 17.6 Å². The minimum Gasteiger partial charge on any atom is -0.497 e. The molecule has 2 aliphatic rings. The van der Waals surface area contributed by atoms with Crippen molar-refractivity contribution in [2.75, 3.05) is 33.3 Å². The van der Waals surface area contributed by atoms with E-state index in [1.807, 2.05) is 12.1 Å². The second-order valence-corrected chi connectivity index (χ2v) is 7.37. The lowest BCUT2D eigenvalue weighted by Gasteiger charge is -2.38. The van der Waals surface area contributed by atoms with Crippen molar-refractivity contribution in [3.8, 4) is 5.75 Å². The Morgan fingerprint density at radius 3 is 2.69 bits per heavy atom. The Bertz CT molecular complexity index is 619. The lowest BCUT2D eigenvalue weighted by Crippen LogP contribution is -2.45. The fourth-order valence-electron chi connectivity index (χ4n) is 3.86. The number of hydrogen-bond donors (Lipinski definition) is 1. The molecule has 1 amide bonds. The number of methoxy groups -OCH3 is 1. The normalized spacial score (nSPS) is 22.8. The fourth-order valence-corrected chi connectivity index (χ4v) is 3.86. The molecule has 2 heterocycles. The zero-order valence-electron chi connectivity index (χ0n) is 15.9. The molecule has 0 unspecified atom stereocenters. The highest BCUT2D eigenvalue weighted by Gasteiger charge is 2.42. The van der Waals surface area contributed by atoms with Gasteiger partial charge in [-0.05, 0) is 43.4 Å². The highest BCUT2D eigenvalue weighted by molar-refractivity contribution is 5.72. The topological polar surface area (TPSA) is 50.8 Å². The van der Waals surface area contributed by atoms with Crippen LogP contribution in [0.1, 0.15) is 38.2 Å². The van der Waals surface area contributed by atoms with Crippen molar-refractivity contribution in [1.29, 1.82) is 0 Å². The minimum atomic E-state index is 0.0213. The van der Waals surface area contributed by atoms with E-state index in [0.717, 1.165) is 51.1 Å². The van der Waals surface area contributed by atoms with Crippen molar-refractivity contribution in [3.63, 3.8) is 0 Å². The molecule has 0 aromatic heterocycles. The summed E-state index contributed by atoms with van der Waals surface area (Å²) in [5.41, 5.74) is 1.23. The smallest absolute Gasteiger partial charge is 0.216 e. The number of hydrogen-bond acceptors (Lipinski definition) is 4. The van der Waals surface area contributed by atoms with Crippen LogP contribution in [0.15, 0.2) is 30.3 Å². The van der Waals surface area contributed by atoms with Crippen LogP contribution in [0.4, 0.5) is 0 Å². The molecule has 3 rings (SSSR count). The third-order valence-corrected chi connectivity index (χ3v) is 5.47.